The fraction of sp³-hybridized carbons (Fsp3) is 0.100. The summed E-state index contributed by atoms with van der Waals surface area (Å²) in [4.78, 5) is 0.219. The van der Waals surface area contributed by atoms with E-state index in [-0.39, 0.29) is 10.7 Å². The minimum Gasteiger partial charge on any atom is -0.258 e. The summed E-state index contributed by atoms with van der Waals surface area (Å²) in [5.41, 5.74) is 2.93. The van der Waals surface area contributed by atoms with Crippen molar-refractivity contribution in [2.75, 3.05) is 4.31 Å². The van der Waals surface area contributed by atoms with Crippen molar-refractivity contribution in [3.63, 3.8) is 0 Å². The average molecular weight is 353 g/mol. The topological polar surface area (TPSA) is 37.4 Å². The number of fused-ring (bicyclic) bond motifs is 3. The van der Waals surface area contributed by atoms with Crippen LogP contribution in [0.1, 0.15) is 18.5 Å². The van der Waals surface area contributed by atoms with E-state index in [0.717, 1.165) is 11.1 Å². The van der Waals surface area contributed by atoms with E-state index >= 15 is 0 Å². The summed E-state index contributed by atoms with van der Waals surface area (Å²) in [5, 5.41) is 0. The molecule has 0 radical (unpaired) electrons. The van der Waals surface area contributed by atoms with Gasteiger partial charge in [-0.05, 0) is 48.4 Å². The lowest BCUT2D eigenvalue weighted by Gasteiger charge is -2.37. The normalized spacial score (nSPS) is 16.2. The van der Waals surface area contributed by atoms with Crippen molar-refractivity contribution in [2.24, 2.45) is 0 Å². The molecule has 0 saturated carbocycles. The van der Waals surface area contributed by atoms with Crippen LogP contribution in [0, 0.1) is 5.82 Å². The largest absolute Gasteiger partial charge is 0.264 e. The van der Waals surface area contributed by atoms with Crippen LogP contribution in [0.15, 0.2) is 77.7 Å². The third-order valence-electron chi connectivity index (χ3n) is 4.55. The highest BCUT2D eigenvalue weighted by Crippen LogP contribution is 2.46. The van der Waals surface area contributed by atoms with Gasteiger partial charge in [-0.1, -0.05) is 42.5 Å². The van der Waals surface area contributed by atoms with E-state index in [2.05, 4.69) is 0 Å². The zero-order valence-corrected chi connectivity index (χ0v) is 14.4. The van der Waals surface area contributed by atoms with Crippen molar-refractivity contribution in [3.05, 3.63) is 84.2 Å². The molecule has 3 aromatic rings. The lowest BCUT2D eigenvalue weighted by atomic mass is 9.90. The van der Waals surface area contributed by atoms with E-state index in [4.69, 9.17) is 0 Å². The summed E-state index contributed by atoms with van der Waals surface area (Å²) in [7, 11) is -3.77. The predicted octanol–water partition coefficient (Wildman–Crippen LogP) is 4.76. The molecule has 3 aromatic carbocycles. The zero-order chi connectivity index (χ0) is 17.6. The molecule has 1 heterocycles. The van der Waals surface area contributed by atoms with E-state index in [1.807, 2.05) is 18.2 Å². The summed E-state index contributed by atoms with van der Waals surface area (Å²) in [6, 6.07) is 19.7. The molecule has 1 aliphatic rings. The van der Waals surface area contributed by atoms with Gasteiger partial charge in [-0.3, -0.25) is 4.31 Å². The van der Waals surface area contributed by atoms with Crippen molar-refractivity contribution in [1.29, 1.82) is 0 Å². The second kappa shape index (κ2) is 5.70. The Labute approximate surface area is 146 Å². The van der Waals surface area contributed by atoms with Gasteiger partial charge in [-0.15, -0.1) is 0 Å². The molecule has 0 unspecified atom stereocenters. The highest BCUT2D eigenvalue weighted by molar-refractivity contribution is 7.92. The SMILES string of the molecule is C[C@H]1c2cc(F)ccc2-c2ccccc2N1S(=O)(=O)c1ccccc1. The van der Waals surface area contributed by atoms with Gasteiger partial charge < -0.3 is 0 Å². The molecule has 0 aliphatic carbocycles. The minimum atomic E-state index is -3.77. The van der Waals surface area contributed by atoms with E-state index in [9.17, 15) is 12.8 Å². The summed E-state index contributed by atoms with van der Waals surface area (Å²) in [6.07, 6.45) is 0. The van der Waals surface area contributed by atoms with Gasteiger partial charge in [0.2, 0.25) is 0 Å². The molecule has 0 aromatic heterocycles. The highest BCUT2D eigenvalue weighted by atomic mass is 32.2. The fourth-order valence-corrected chi connectivity index (χ4v) is 5.07. The number of hydrogen-bond donors (Lipinski definition) is 0. The van der Waals surface area contributed by atoms with Gasteiger partial charge in [0.25, 0.3) is 10.0 Å². The Kier molecular flexibility index (Phi) is 3.62. The number of halogens is 1. The first kappa shape index (κ1) is 15.8. The van der Waals surface area contributed by atoms with Crippen LogP contribution < -0.4 is 4.31 Å². The minimum absolute atomic E-state index is 0.219. The van der Waals surface area contributed by atoms with E-state index in [0.29, 0.717) is 11.3 Å². The van der Waals surface area contributed by atoms with Crippen LogP contribution in [0.4, 0.5) is 10.1 Å². The van der Waals surface area contributed by atoms with Crippen molar-refractivity contribution in [2.45, 2.75) is 17.9 Å². The van der Waals surface area contributed by atoms with Crippen molar-refractivity contribution in [3.8, 4) is 11.1 Å². The van der Waals surface area contributed by atoms with Crippen LogP contribution in [0.3, 0.4) is 0 Å². The monoisotopic (exact) mass is 353 g/mol. The molecule has 0 amide bonds. The van der Waals surface area contributed by atoms with Crippen LogP contribution in [-0.4, -0.2) is 8.42 Å². The number of sulfonamides is 1. The first-order valence-corrected chi connectivity index (χ1v) is 9.42. The first-order chi connectivity index (χ1) is 12.0. The fourth-order valence-electron chi connectivity index (χ4n) is 3.40. The van der Waals surface area contributed by atoms with E-state index in [1.165, 1.54) is 16.4 Å². The summed E-state index contributed by atoms with van der Waals surface area (Å²) >= 11 is 0. The predicted molar refractivity (Wildman–Crippen MR) is 96.4 cm³/mol. The Hall–Kier alpha value is -2.66. The molecule has 0 N–H and O–H groups in total. The number of anilines is 1. The quantitative estimate of drug-likeness (QED) is 0.666. The molecule has 5 heteroatoms. The Morgan fingerprint density at radius 3 is 2.32 bits per heavy atom. The van der Waals surface area contributed by atoms with E-state index < -0.39 is 16.1 Å². The molecule has 1 atom stereocenters. The van der Waals surface area contributed by atoms with Gasteiger partial charge in [-0.2, -0.15) is 0 Å². The van der Waals surface area contributed by atoms with Gasteiger partial charge >= 0.3 is 0 Å². The van der Waals surface area contributed by atoms with Crippen LogP contribution in [0.2, 0.25) is 0 Å². The maximum Gasteiger partial charge on any atom is 0.264 e. The number of benzene rings is 3. The maximum atomic E-state index is 13.8. The van der Waals surface area contributed by atoms with Crippen molar-refractivity contribution < 1.29 is 12.8 Å². The van der Waals surface area contributed by atoms with Crippen molar-refractivity contribution >= 4 is 15.7 Å². The maximum absolute atomic E-state index is 13.8. The Morgan fingerprint density at radius 1 is 0.880 bits per heavy atom. The molecule has 0 bridgehead atoms. The average Bonchev–Trinajstić information content (AvgIpc) is 2.62. The first-order valence-electron chi connectivity index (χ1n) is 7.98. The molecular weight excluding hydrogens is 337 g/mol. The Bertz CT molecular complexity index is 1050. The van der Waals surface area contributed by atoms with Gasteiger partial charge in [0.05, 0.1) is 16.6 Å². The number of nitrogens with zero attached hydrogens (tertiary/aromatic N) is 1. The smallest absolute Gasteiger partial charge is 0.258 e. The van der Waals surface area contributed by atoms with Crippen LogP contribution >= 0.6 is 0 Å². The standard InChI is InChI=1S/C20H16FNO2S/c1-14-19-13-15(21)11-12-17(19)18-9-5-6-10-20(18)22(14)25(23,24)16-7-3-2-4-8-16/h2-14H,1H3/t14-/m0/s1. The molecule has 25 heavy (non-hydrogen) atoms. The Morgan fingerprint density at radius 2 is 1.56 bits per heavy atom. The van der Waals surface area contributed by atoms with Gasteiger partial charge in [0.15, 0.2) is 0 Å². The van der Waals surface area contributed by atoms with Crippen molar-refractivity contribution in [1.82, 2.24) is 0 Å². The molecule has 0 saturated heterocycles. The summed E-state index contributed by atoms with van der Waals surface area (Å²) < 4.78 is 41.8. The molecule has 3 nitrogen and oxygen atoms in total. The highest BCUT2D eigenvalue weighted by Gasteiger charge is 2.36. The third-order valence-corrected chi connectivity index (χ3v) is 6.45. The Balaban J connectivity index is 1.99. The van der Waals surface area contributed by atoms with Gasteiger partial charge in [0, 0.05) is 5.56 Å². The van der Waals surface area contributed by atoms with Gasteiger partial charge in [0.1, 0.15) is 5.82 Å². The number of rotatable bonds is 2. The van der Waals surface area contributed by atoms with E-state index in [1.54, 1.807) is 49.4 Å². The molecule has 0 fully saturated rings. The lowest BCUT2D eigenvalue weighted by Crippen LogP contribution is -2.36. The third kappa shape index (κ3) is 2.43. The zero-order valence-electron chi connectivity index (χ0n) is 13.6. The summed E-state index contributed by atoms with van der Waals surface area (Å²) in [6.45, 7) is 1.79. The lowest BCUT2D eigenvalue weighted by molar-refractivity contribution is 0.580. The number of para-hydroxylation sites is 1. The molecule has 126 valence electrons. The molecule has 1 aliphatic heterocycles. The molecule has 4 rings (SSSR count). The summed E-state index contributed by atoms with van der Waals surface area (Å²) in [5.74, 6) is -0.373. The van der Waals surface area contributed by atoms with Crippen LogP contribution in [-0.2, 0) is 10.0 Å². The second-order valence-electron chi connectivity index (χ2n) is 6.04. The van der Waals surface area contributed by atoms with Gasteiger partial charge in [-0.25, -0.2) is 12.8 Å². The second-order valence-corrected chi connectivity index (χ2v) is 7.85. The molecule has 0 spiro atoms. The van der Waals surface area contributed by atoms with Crippen LogP contribution in [0.25, 0.3) is 11.1 Å². The molecular formula is C20H16FNO2S. The number of hydrogen-bond acceptors (Lipinski definition) is 2. The van der Waals surface area contributed by atoms with Crippen LogP contribution in [0.5, 0.6) is 0 Å².